The molecule has 0 fully saturated rings. The molecule has 1 aromatic carbocycles. The maximum Gasteiger partial charge on any atom is 0.414 e. The molecule has 0 bridgehead atoms. The van der Waals surface area contributed by atoms with Crippen LogP contribution in [0.4, 0.5) is 10.7 Å². The lowest BCUT2D eigenvalue weighted by molar-refractivity contribution is 0.0632. The Labute approximate surface area is 132 Å². The average molecular weight is 316 g/mol. The number of nitrogens with one attached hydrogen (secondary N) is 1. The van der Waals surface area contributed by atoms with E-state index in [2.05, 4.69) is 20.5 Å². The molecule has 8 heteroatoms. The summed E-state index contributed by atoms with van der Waals surface area (Å²) in [5.41, 5.74) is 0.411. The fraction of sp³-hybridized carbons (Fsp3) is 0.267. The Hall–Kier alpha value is -3.03. The Morgan fingerprint density at radius 2 is 2.00 bits per heavy atom. The van der Waals surface area contributed by atoms with E-state index in [9.17, 15) is 9.59 Å². The van der Waals surface area contributed by atoms with Crippen LogP contribution in [0.15, 0.2) is 30.5 Å². The van der Waals surface area contributed by atoms with Crippen LogP contribution in [-0.4, -0.2) is 38.0 Å². The van der Waals surface area contributed by atoms with E-state index in [1.807, 2.05) is 0 Å². The van der Waals surface area contributed by atoms with Crippen LogP contribution in [0.25, 0.3) is 11.3 Å². The van der Waals surface area contributed by atoms with Crippen molar-refractivity contribution in [2.75, 3.05) is 5.32 Å². The van der Waals surface area contributed by atoms with Gasteiger partial charge in [0.25, 0.3) is 5.95 Å². The van der Waals surface area contributed by atoms with Gasteiger partial charge in [-0.1, -0.05) is 12.1 Å². The first-order chi connectivity index (χ1) is 10.7. The molecule has 0 radical (unpaired) electrons. The number of carbonyl (C=O) groups excluding carboxylic acids is 1. The molecule has 8 nitrogen and oxygen atoms in total. The SMILES string of the molecule is CC(C)(C)OC(=O)Nc1nncc(-c2cccc(C(=O)O)c2)n1. The molecule has 1 amide bonds. The molecule has 2 aromatic rings. The number of carboxylic acids is 1. The maximum atomic E-state index is 11.7. The van der Waals surface area contributed by atoms with Crippen molar-refractivity contribution >= 4 is 18.0 Å². The van der Waals surface area contributed by atoms with Gasteiger partial charge in [-0.25, -0.2) is 14.6 Å². The molecule has 0 aliphatic carbocycles. The fourth-order valence-electron chi connectivity index (χ4n) is 1.70. The molecule has 0 spiro atoms. The summed E-state index contributed by atoms with van der Waals surface area (Å²) in [4.78, 5) is 26.8. The fourth-order valence-corrected chi connectivity index (χ4v) is 1.70. The van der Waals surface area contributed by atoms with E-state index >= 15 is 0 Å². The molecule has 1 heterocycles. The summed E-state index contributed by atoms with van der Waals surface area (Å²) in [7, 11) is 0. The van der Waals surface area contributed by atoms with Crippen molar-refractivity contribution in [3.8, 4) is 11.3 Å². The van der Waals surface area contributed by atoms with Gasteiger partial charge in [-0.3, -0.25) is 5.32 Å². The molecule has 2 N–H and O–H groups in total. The average Bonchev–Trinajstić information content (AvgIpc) is 2.45. The van der Waals surface area contributed by atoms with Gasteiger partial charge in [-0.15, -0.1) is 5.10 Å². The first kappa shape index (κ1) is 16.3. The zero-order valence-corrected chi connectivity index (χ0v) is 12.9. The summed E-state index contributed by atoms with van der Waals surface area (Å²) in [5.74, 6) is -1.07. The third-order valence-electron chi connectivity index (χ3n) is 2.58. The molecule has 0 aliphatic rings. The molecule has 0 atom stereocenters. The Bertz CT molecular complexity index is 740. The minimum atomic E-state index is -1.04. The van der Waals surface area contributed by atoms with Crippen LogP contribution in [0.3, 0.4) is 0 Å². The molecule has 23 heavy (non-hydrogen) atoms. The summed E-state index contributed by atoms with van der Waals surface area (Å²) in [6.07, 6.45) is 0.678. The second-order valence-electron chi connectivity index (χ2n) is 5.68. The third-order valence-corrected chi connectivity index (χ3v) is 2.58. The molecule has 0 saturated heterocycles. The molecule has 120 valence electrons. The number of benzene rings is 1. The van der Waals surface area contributed by atoms with Crippen molar-refractivity contribution in [2.45, 2.75) is 26.4 Å². The van der Waals surface area contributed by atoms with E-state index in [4.69, 9.17) is 9.84 Å². The number of amides is 1. The number of anilines is 1. The van der Waals surface area contributed by atoms with Gasteiger partial charge in [0.1, 0.15) is 5.60 Å². The topological polar surface area (TPSA) is 114 Å². The lowest BCUT2D eigenvalue weighted by Gasteiger charge is -2.19. The molecule has 2 rings (SSSR count). The van der Waals surface area contributed by atoms with Gasteiger partial charge >= 0.3 is 12.1 Å². The summed E-state index contributed by atoms with van der Waals surface area (Å²) >= 11 is 0. The van der Waals surface area contributed by atoms with E-state index in [1.165, 1.54) is 18.3 Å². The van der Waals surface area contributed by atoms with Gasteiger partial charge in [0.15, 0.2) is 0 Å². The van der Waals surface area contributed by atoms with Gasteiger partial charge in [0.2, 0.25) is 0 Å². The Balaban J connectivity index is 2.22. The van der Waals surface area contributed by atoms with Crippen molar-refractivity contribution in [1.29, 1.82) is 0 Å². The predicted octanol–water partition coefficient (Wildman–Crippen LogP) is 2.58. The molecular formula is C15H16N4O4. The van der Waals surface area contributed by atoms with Crippen LogP contribution >= 0.6 is 0 Å². The quantitative estimate of drug-likeness (QED) is 0.894. The number of hydrogen-bond acceptors (Lipinski definition) is 6. The Morgan fingerprint density at radius 1 is 1.26 bits per heavy atom. The number of carbonyl (C=O) groups is 2. The smallest absolute Gasteiger partial charge is 0.414 e. The summed E-state index contributed by atoms with van der Waals surface area (Å²) in [6, 6.07) is 6.22. The number of carboxylic acid groups (broad SMARTS) is 1. The van der Waals surface area contributed by atoms with Crippen LogP contribution in [0.1, 0.15) is 31.1 Å². The van der Waals surface area contributed by atoms with Crippen LogP contribution in [0.5, 0.6) is 0 Å². The van der Waals surface area contributed by atoms with Crippen LogP contribution in [-0.2, 0) is 4.74 Å². The molecule has 1 aromatic heterocycles. The molecule has 0 saturated carbocycles. The Kier molecular flexibility index (Phi) is 4.54. The van der Waals surface area contributed by atoms with Gasteiger partial charge < -0.3 is 9.84 Å². The van der Waals surface area contributed by atoms with E-state index in [0.717, 1.165) is 0 Å². The minimum absolute atomic E-state index is 0.0301. The van der Waals surface area contributed by atoms with Crippen molar-refractivity contribution in [3.05, 3.63) is 36.0 Å². The van der Waals surface area contributed by atoms with Gasteiger partial charge in [-0.05, 0) is 32.9 Å². The van der Waals surface area contributed by atoms with Crippen molar-refractivity contribution < 1.29 is 19.4 Å². The highest BCUT2D eigenvalue weighted by Crippen LogP contribution is 2.18. The Morgan fingerprint density at radius 3 is 2.65 bits per heavy atom. The van der Waals surface area contributed by atoms with Gasteiger partial charge in [-0.2, -0.15) is 5.10 Å². The van der Waals surface area contributed by atoms with Gasteiger partial charge in [0, 0.05) is 5.56 Å². The standard InChI is InChI=1S/C15H16N4O4/c1-15(2,3)23-14(22)18-13-17-11(8-16-19-13)9-5-4-6-10(7-9)12(20)21/h4-8H,1-3H3,(H,20,21)(H,17,18,19,22). The monoisotopic (exact) mass is 316 g/mol. The number of hydrogen-bond donors (Lipinski definition) is 2. The van der Waals surface area contributed by atoms with E-state index in [1.54, 1.807) is 32.9 Å². The number of nitrogens with zero attached hydrogens (tertiary/aromatic N) is 3. The number of ether oxygens (including phenoxy) is 1. The van der Waals surface area contributed by atoms with Crippen molar-refractivity contribution in [3.63, 3.8) is 0 Å². The maximum absolute atomic E-state index is 11.7. The van der Waals surface area contributed by atoms with E-state index in [0.29, 0.717) is 11.3 Å². The summed E-state index contributed by atoms with van der Waals surface area (Å²) in [5, 5.41) is 18.9. The zero-order valence-electron chi connectivity index (χ0n) is 12.9. The first-order valence-electron chi connectivity index (χ1n) is 6.78. The number of aromatic carboxylic acids is 1. The highest BCUT2D eigenvalue weighted by molar-refractivity contribution is 5.89. The van der Waals surface area contributed by atoms with Crippen LogP contribution in [0.2, 0.25) is 0 Å². The highest BCUT2D eigenvalue weighted by atomic mass is 16.6. The predicted molar refractivity (Wildman–Crippen MR) is 82.1 cm³/mol. The van der Waals surface area contributed by atoms with E-state index in [-0.39, 0.29) is 11.5 Å². The lowest BCUT2D eigenvalue weighted by Crippen LogP contribution is -2.28. The highest BCUT2D eigenvalue weighted by Gasteiger charge is 2.17. The van der Waals surface area contributed by atoms with Crippen LogP contribution < -0.4 is 5.32 Å². The zero-order chi connectivity index (χ0) is 17.0. The second-order valence-corrected chi connectivity index (χ2v) is 5.68. The number of rotatable bonds is 3. The molecule has 0 aliphatic heterocycles. The van der Waals surface area contributed by atoms with Crippen molar-refractivity contribution in [2.24, 2.45) is 0 Å². The third kappa shape index (κ3) is 4.73. The van der Waals surface area contributed by atoms with E-state index < -0.39 is 17.7 Å². The van der Waals surface area contributed by atoms with Crippen molar-refractivity contribution in [1.82, 2.24) is 15.2 Å². The molecular weight excluding hydrogens is 300 g/mol. The van der Waals surface area contributed by atoms with Crippen LogP contribution in [0, 0.1) is 0 Å². The molecule has 0 unspecified atom stereocenters. The summed E-state index contributed by atoms with van der Waals surface area (Å²) < 4.78 is 5.10. The summed E-state index contributed by atoms with van der Waals surface area (Å²) in [6.45, 7) is 5.21. The normalized spacial score (nSPS) is 10.9. The lowest BCUT2D eigenvalue weighted by atomic mass is 10.1. The second kappa shape index (κ2) is 6.39. The largest absolute Gasteiger partial charge is 0.478 e. The van der Waals surface area contributed by atoms with Gasteiger partial charge in [0.05, 0.1) is 17.5 Å². The number of aromatic nitrogens is 3. The minimum Gasteiger partial charge on any atom is -0.478 e. The first-order valence-corrected chi connectivity index (χ1v) is 6.78.